The predicted octanol–water partition coefficient (Wildman–Crippen LogP) is 1.81. The highest BCUT2D eigenvalue weighted by atomic mass is 32.2. The molecule has 1 unspecified atom stereocenters. The Kier molecular flexibility index (Phi) is 4.29. The summed E-state index contributed by atoms with van der Waals surface area (Å²) in [6.07, 6.45) is 1.48. The second-order valence-electron chi connectivity index (χ2n) is 5.31. The molecule has 1 aliphatic heterocycles. The Labute approximate surface area is 136 Å². The number of nitrogens with one attached hydrogen (secondary N) is 1. The second kappa shape index (κ2) is 6.37. The summed E-state index contributed by atoms with van der Waals surface area (Å²) in [5.41, 5.74) is 0.974. The molecule has 6 nitrogen and oxygen atoms in total. The fraction of sp³-hybridized carbons (Fsp3) is 0.250. The Morgan fingerprint density at radius 3 is 2.96 bits per heavy atom. The lowest BCUT2D eigenvalue weighted by Crippen LogP contribution is -2.36. The van der Waals surface area contributed by atoms with Crippen LogP contribution in [0.3, 0.4) is 0 Å². The SMILES string of the molecule is CC(=O)c1cccc(NC(=O)C2CSc3nccc(=O)n3C2)c1. The fourth-order valence-corrected chi connectivity index (χ4v) is 3.43. The van der Waals surface area contributed by atoms with Gasteiger partial charge in [-0.25, -0.2) is 4.98 Å². The minimum atomic E-state index is -0.324. The zero-order chi connectivity index (χ0) is 16.4. The van der Waals surface area contributed by atoms with Crippen molar-refractivity contribution < 1.29 is 9.59 Å². The largest absolute Gasteiger partial charge is 0.326 e. The van der Waals surface area contributed by atoms with Crippen molar-refractivity contribution >= 4 is 29.1 Å². The number of anilines is 1. The highest BCUT2D eigenvalue weighted by molar-refractivity contribution is 7.99. The van der Waals surface area contributed by atoms with Gasteiger partial charge in [0, 0.05) is 35.8 Å². The van der Waals surface area contributed by atoms with Crippen molar-refractivity contribution in [2.45, 2.75) is 18.6 Å². The Balaban J connectivity index is 1.75. The van der Waals surface area contributed by atoms with Gasteiger partial charge < -0.3 is 5.32 Å². The summed E-state index contributed by atoms with van der Waals surface area (Å²) >= 11 is 1.39. The third-order valence-corrected chi connectivity index (χ3v) is 4.78. The molecule has 0 spiro atoms. The highest BCUT2D eigenvalue weighted by Gasteiger charge is 2.26. The lowest BCUT2D eigenvalue weighted by atomic mass is 10.1. The van der Waals surface area contributed by atoms with E-state index in [0.717, 1.165) is 0 Å². The Bertz CT molecular complexity index is 831. The van der Waals surface area contributed by atoms with Crippen LogP contribution < -0.4 is 10.9 Å². The van der Waals surface area contributed by atoms with E-state index < -0.39 is 0 Å². The summed E-state index contributed by atoms with van der Waals surface area (Å²) in [5.74, 6) is 0.0187. The number of fused-ring (bicyclic) bond motifs is 1. The van der Waals surface area contributed by atoms with Crippen LogP contribution in [-0.2, 0) is 11.3 Å². The Morgan fingerprint density at radius 2 is 2.17 bits per heavy atom. The van der Waals surface area contributed by atoms with Crippen LogP contribution in [0.15, 0.2) is 46.5 Å². The molecule has 3 rings (SSSR count). The smallest absolute Gasteiger partial charge is 0.254 e. The molecule has 1 atom stereocenters. The molecule has 1 aliphatic rings. The quantitative estimate of drug-likeness (QED) is 0.686. The maximum absolute atomic E-state index is 12.4. The number of hydrogen-bond donors (Lipinski definition) is 1. The van der Waals surface area contributed by atoms with Gasteiger partial charge >= 0.3 is 0 Å². The number of hydrogen-bond acceptors (Lipinski definition) is 5. The molecule has 0 bridgehead atoms. The molecular weight excluding hydrogens is 314 g/mol. The highest BCUT2D eigenvalue weighted by Crippen LogP contribution is 2.25. The van der Waals surface area contributed by atoms with Crippen LogP contribution in [0.2, 0.25) is 0 Å². The lowest BCUT2D eigenvalue weighted by Gasteiger charge is -2.23. The van der Waals surface area contributed by atoms with Crippen molar-refractivity contribution in [3.63, 3.8) is 0 Å². The van der Waals surface area contributed by atoms with Crippen LogP contribution in [0, 0.1) is 5.92 Å². The fourth-order valence-electron chi connectivity index (χ4n) is 2.37. The normalized spacial score (nSPS) is 16.5. The number of benzene rings is 1. The number of carbonyl (C=O) groups is 2. The van der Waals surface area contributed by atoms with Crippen LogP contribution in [0.25, 0.3) is 0 Å². The average molecular weight is 329 g/mol. The molecule has 1 amide bonds. The first-order valence-corrected chi connectivity index (χ1v) is 8.13. The molecule has 0 saturated heterocycles. The summed E-state index contributed by atoms with van der Waals surface area (Å²) in [4.78, 5) is 39.8. The first-order valence-electron chi connectivity index (χ1n) is 7.15. The second-order valence-corrected chi connectivity index (χ2v) is 6.30. The third kappa shape index (κ3) is 3.34. The van der Waals surface area contributed by atoms with Crippen LogP contribution in [0.1, 0.15) is 17.3 Å². The Morgan fingerprint density at radius 1 is 1.35 bits per heavy atom. The van der Waals surface area contributed by atoms with Gasteiger partial charge in [-0.3, -0.25) is 19.0 Å². The first-order chi connectivity index (χ1) is 11.0. The molecule has 7 heteroatoms. The molecule has 1 aromatic carbocycles. The number of ketones is 1. The van der Waals surface area contributed by atoms with Crippen LogP contribution >= 0.6 is 11.8 Å². The van der Waals surface area contributed by atoms with Gasteiger partial charge in [-0.15, -0.1) is 0 Å². The number of Topliss-reactive ketones (excluding diaryl/α,β-unsaturated/α-hetero) is 1. The number of amides is 1. The molecule has 2 aromatic rings. The van der Waals surface area contributed by atoms with Gasteiger partial charge in [0.15, 0.2) is 10.9 Å². The summed E-state index contributed by atoms with van der Waals surface area (Å²) in [7, 11) is 0. The van der Waals surface area contributed by atoms with Crippen molar-refractivity contribution in [2.24, 2.45) is 5.92 Å². The van der Waals surface area contributed by atoms with Gasteiger partial charge in [0.2, 0.25) is 5.91 Å². The van der Waals surface area contributed by atoms with Crippen molar-refractivity contribution in [3.8, 4) is 0 Å². The van der Waals surface area contributed by atoms with E-state index in [2.05, 4.69) is 10.3 Å². The van der Waals surface area contributed by atoms with E-state index in [4.69, 9.17) is 0 Å². The van der Waals surface area contributed by atoms with Gasteiger partial charge in [0.1, 0.15) is 0 Å². The van der Waals surface area contributed by atoms with Crippen LogP contribution in [-0.4, -0.2) is 27.0 Å². The third-order valence-electron chi connectivity index (χ3n) is 3.62. The molecule has 118 valence electrons. The minimum Gasteiger partial charge on any atom is -0.326 e. The molecular formula is C16H15N3O3S. The summed E-state index contributed by atoms with van der Waals surface area (Å²) in [6.45, 7) is 1.79. The molecule has 0 aliphatic carbocycles. The number of aromatic nitrogens is 2. The van der Waals surface area contributed by atoms with Crippen molar-refractivity contribution in [2.75, 3.05) is 11.1 Å². The lowest BCUT2D eigenvalue weighted by molar-refractivity contribution is -0.119. The van der Waals surface area contributed by atoms with Gasteiger partial charge in [-0.2, -0.15) is 0 Å². The van der Waals surface area contributed by atoms with Crippen LogP contribution in [0.4, 0.5) is 5.69 Å². The van der Waals surface area contributed by atoms with Crippen LogP contribution in [0.5, 0.6) is 0 Å². The zero-order valence-corrected chi connectivity index (χ0v) is 13.3. The van der Waals surface area contributed by atoms with E-state index in [-0.39, 0.29) is 23.2 Å². The number of rotatable bonds is 3. The van der Waals surface area contributed by atoms with E-state index in [1.165, 1.54) is 35.5 Å². The van der Waals surface area contributed by atoms with Gasteiger partial charge in [-0.05, 0) is 19.1 Å². The molecule has 23 heavy (non-hydrogen) atoms. The van der Waals surface area contributed by atoms with E-state index in [1.807, 2.05) is 0 Å². The predicted molar refractivity (Wildman–Crippen MR) is 87.8 cm³/mol. The molecule has 2 heterocycles. The number of nitrogens with zero attached hydrogens (tertiary/aromatic N) is 2. The summed E-state index contributed by atoms with van der Waals surface area (Å²) < 4.78 is 1.52. The number of carbonyl (C=O) groups excluding carboxylic acids is 2. The number of thioether (sulfide) groups is 1. The van der Waals surface area contributed by atoms with Gasteiger partial charge in [0.25, 0.3) is 5.56 Å². The van der Waals surface area contributed by atoms with E-state index in [0.29, 0.717) is 28.7 Å². The van der Waals surface area contributed by atoms with E-state index >= 15 is 0 Å². The van der Waals surface area contributed by atoms with E-state index in [9.17, 15) is 14.4 Å². The maximum Gasteiger partial charge on any atom is 0.254 e. The average Bonchev–Trinajstić information content (AvgIpc) is 2.55. The molecule has 1 aromatic heterocycles. The van der Waals surface area contributed by atoms with Crippen molar-refractivity contribution in [1.29, 1.82) is 0 Å². The summed E-state index contributed by atoms with van der Waals surface area (Å²) in [5, 5.41) is 3.46. The first kappa shape index (κ1) is 15.5. The standard InChI is InChI=1S/C16H15N3O3S/c1-10(20)11-3-2-4-13(7-11)18-15(22)12-8-19-14(21)5-6-17-16(19)23-9-12/h2-7,12H,8-9H2,1H3,(H,18,22). The molecule has 0 fully saturated rings. The topological polar surface area (TPSA) is 81.1 Å². The Hall–Kier alpha value is -2.41. The van der Waals surface area contributed by atoms with Gasteiger partial charge in [0.05, 0.1) is 5.92 Å². The van der Waals surface area contributed by atoms with Crippen molar-refractivity contribution in [3.05, 3.63) is 52.4 Å². The zero-order valence-electron chi connectivity index (χ0n) is 12.5. The molecule has 0 radical (unpaired) electrons. The van der Waals surface area contributed by atoms with E-state index in [1.54, 1.807) is 24.3 Å². The summed E-state index contributed by atoms with van der Waals surface area (Å²) in [6, 6.07) is 8.21. The van der Waals surface area contributed by atoms with Gasteiger partial charge in [-0.1, -0.05) is 23.9 Å². The van der Waals surface area contributed by atoms with Crippen molar-refractivity contribution in [1.82, 2.24) is 9.55 Å². The minimum absolute atomic E-state index is 0.0547. The molecule has 1 N–H and O–H groups in total. The monoisotopic (exact) mass is 329 g/mol. The maximum atomic E-state index is 12.4. The molecule has 0 saturated carbocycles.